The van der Waals surface area contributed by atoms with Gasteiger partial charge in [0.15, 0.2) is 0 Å². The fourth-order valence-electron chi connectivity index (χ4n) is 1.59. The smallest absolute Gasteiger partial charge is 0.249 e. The van der Waals surface area contributed by atoms with Crippen LogP contribution in [0, 0.1) is 0 Å². The topological polar surface area (TPSA) is 47.6 Å². The summed E-state index contributed by atoms with van der Waals surface area (Å²) in [6.07, 6.45) is 2.73. The molecule has 13 heavy (non-hydrogen) atoms. The van der Waals surface area contributed by atoms with Crippen LogP contribution in [0.15, 0.2) is 0 Å². The average Bonchev–Trinajstić information content (AvgIpc) is 2.02. The van der Waals surface area contributed by atoms with Crippen LogP contribution in [0.2, 0.25) is 0 Å². The SMILES string of the molecule is O=C(NC1CCCOC1)C1CCO1. The van der Waals surface area contributed by atoms with Crippen LogP contribution in [0.5, 0.6) is 0 Å². The second-order valence-corrected chi connectivity index (χ2v) is 3.57. The third-order valence-electron chi connectivity index (χ3n) is 2.50. The molecule has 2 rings (SSSR count). The Morgan fingerprint density at radius 1 is 1.31 bits per heavy atom. The molecule has 4 heteroatoms. The zero-order valence-corrected chi connectivity index (χ0v) is 7.62. The lowest BCUT2D eigenvalue weighted by Crippen LogP contribution is -2.49. The van der Waals surface area contributed by atoms with E-state index in [9.17, 15) is 4.79 Å². The van der Waals surface area contributed by atoms with Gasteiger partial charge in [0.25, 0.3) is 0 Å². The second-order valence-electron chi connectivity index (χ2n) is 3.57. The molecule has 1 amide bonds. The van der Waals surface area contributed by atoms with E-state index in [2.05, 4.69) is 5.32 Å². The molecule has 2 aliphatic rings. The maximum atomic E-state index is 11.4. The van der Waals surface area contributed by atoms with Crippen LogP contribution in [-0.2, 0) is 14.3 Å². The Bertz CT molecular complexity index is 185. The van der Waals surface area contributed by atoms with E-state index in [0.717, 1.165) is 32.5 Å². The summed E-state index contributed by atoms with van der Waals surface area (Å²) in [5.41, 5.74) is 0. The van der Waals surface area contributed by atoms with Gasteiger partial charge in [-0.05, 0) is 12.8 Å². The lowest BCUT2D eigenvalue weighted by Gasteiger charge is -2.29. The van der Waals surface area contributed by atoms with Gasteiger partial charge in [-0.2, -0.15) is 0 Å². The summed E-state index contributed by atoms with van der Waals surface area (Å²) in [5.74, 6) is 0.0294. The highest BCUT2D eigenvalue weighted by molar-refractivity contribution is 5.81. The number of hydrogen-bond acceptors (Lipinski definition) is 3. The summed E-state index contributed by atoms with van der Waals surface area (Å²) in [5, 5.41) is 2.93. The first-order valence-electron chi connectivity index (χ1n) is 4.86. The molecule has 1 N–H and O–H groups in total. The van der Waals surface area contributed by atoms with Gasteiger partial charge in [0.2, 0.25) is 5.91 Å². The Balaban J connectivity index is 1.72. The molecular formula is C9H15NO3. The Morgan fingerprint density at radius 2 is 2.15 bits per heavy atom. The molecular weight excluding hydrogens is 170 g/mol. The molecule has 74 valence electrons. The van der Waals surface area contributed by atoms with Crippen molar-refractivity contribution in [2.24, 2.45) is 0 Å². The number of ether oxygens (including phenoxy) is 2. The number of rotatable bonds is 2. The largest absolute Gasteiger partial charge is 0.379 e. The van der Waals surface area contributed by atoms with Crippen molar-refractivity contribution in [3.05, 3.63) is 0 Å². The lowest BCUT2D eigenvalue weighted by atomic mass is 10.1. The van der Waals surface area contributed by atoms with E-state index < -0.39 is 0 Å². The molecule has 2 unspecified atom stereocenters. The fraction of sp³-hybridized carbons (Fsp3) is 0.889. The predicted molar refractivity (Wildman–Crippen MR) is 46.3 cm³/mol. The molecule has 2 saturated heterocycles. The van der Waals surface area contributed by atoms with E-state index in [1.807, 2.05) is 0 Å². The van der Waals surface area contributed by atoms with Crippen molar-refractivity contribution >= 4 is 5.91 Å². The maximum Gasteiger partial charge on any atom is 0.249 e. The fourth-order valence-corrected chi connectivity index (χ4v) is 1.59. The van der Waals surface area contributed by atoms with Gasteiger partial charge in [-0.1, -0.05) is 0 Å². The molecule has 0 spiro atoms. The third-order valence-corrected chi connectivity index (χ3v) is 2.50. The molecule has 2 fully saturated rings. The zero-order valence-electron chi connectivity index (χ0n) is 7.62. The average molecular weight is 185 g/mol. The van der Waals surface area contributed by atoms with Crippen molar-refractivity contribution in [2.75, 3.05) is 19.8 Å². The molecule has 0 aromatic carbocycles. The first-order chi connectivity index (χ1) is 6.36. The minimum Gasteiger partial charge on any atom is -0.379 e. The summed E-state index contributed by atoms with van der Waals surface area (Å²) in [6, 6.07) is 0.199. The molecule has 0 aliphatic carbocycles. The van der Waals surface area contributed by atoms with Gasteiger partial charge in [-0.3, -0.25) is 4.79 Å². The highest BCUT2D eigenvalue weighted by Gasteiger charge is 2.28. The molecule has 0 aromatic rings. The lowest BCUT2D eigenvalue weighted by molar-refractivity contribution is -0.146. The third kappa shape index (κ3) is 2.19. The van der Waals surface area contributed by atoms with Crippen molar-refractivity contribution in [3.63, 3.8) is 0 Å². The first kappa shape index (κ1) is 8.97. The van der Waals surface area contributed by atoms with Crippen molar-refractivity contribution < 1.29 is 14.3 Å². The number of hydrogen-bond donors (Lipinski definition) is 1. The number of carbonyl (C=O) groups is 1. The Morgan fingerprint density at radius 3 is 2.69 bits per heavy atom. The number of nitrogens with one attached hydrogen (secondary N) is 1. The van der Waals surface area contributed by atoms with Gasteiger partial charge in [-0.25, -0.2) is 0 Å². The Labute approximate surface area is 77.6 Å². The summed E-state index contributed by atoms with van der Waals surface area (Å²) in [4.78, 5) is 11.4. The van der Waals surface area contributed by atoms with E-state index in [1.54, 1.807) is 0 Å². The Hall–Kier alpha value is -0.610. The van der Waals surface area contributed by atoms with Gasteiger partial charge >= 0.3 is 0 Å². The highest BCUT2D eigenvalue weighted by atomic mass is 16.5. The second kappa shape index (κ2) is 4.07. The molecule has 0 saturated carbocycles. The van der Waals surface area contributed by atoms with Gasteiger partial charge < -0.3 is 14.8 Å². The monoisotopic (exact) mass is 185 g/mol. The van der Waals surface area contributed by atoms with E-state index in [-0.39, 0.29) is 18.1 Å². The minimum atomic E-state index is -0.193. The predicted octanol–water partition coefficient (Wildman–Crippen LogP) is 0.0705. The minimum absolute atomic E-state index is 0.0294. The van der Waals surface area contributed by atoms with Crippen LogP contribution in [-0.4, -0.2) is 37.9 Å². The summed E-state index contributed by atoms with van der Waals surface area (Å²) < 4.78 is 10.3. The van der Waals surface area contributed by atoms with Crippen molar-refractivity contribution in [2.45, 2.75) is 31.4 Å². The Kier molecular flexibility index (Phi) is 2.80. The normalized spacial score (nSPS) is 33.5. The number of carbonyl (C=O) groups excluding carboxylic acids is 1. The van der Waals surface area contributed by atoms with Crippen LogP contribution in [0.3, 0.4) is 0 Å². The van der Waals surface area contributed by atoms with Crippen LogP contribution < -0.4 is 5.32 Å². The van der Waals surface area contributed by atoms with Crippen LogP contribution >= 0.6 is 0 Å². The van der Waals surface area contributed by atoms with E-state index in [1.165, 1.54) is 0 Å². The van der Waals surface area contributed by atoms with E-state index in [4.69, 9.17) is 9.47 Å². The molecule has 0 bridgehead atoms. The first-order valence-corrected chi connectivity index (χ1v) is 4.86. The zero-order chi connectivity index (χ0) is 9.10. The van der Waals surface area contributed by atoms with Gasteiger partial charge in [0.05, 0.1) is 19.3 Å². The van der Waals surface area contributed by atoms with E-state index >= 15 is 0 Å². The molecule has 2 atom stereocenters. The van der Waals surface area contributed by atoms with Gasteiger partial charge in [0, 0.05) is 13.0 Å². The maximum absolute atomic E-state index is 11.4. The van der Waals surface area contributed by atoms with Gasteiger partial charge in [0.1, 0.15) is 6.10 Å². The quantitative estimate of drug-likeness (QED) is 0.662. The summed E-state index contributed by atoms with van der Waals surface area (Å²) in [6.45, 7) is 2.20. The van der Waals surface area contributed by atoms with Crippen LogP contribution in [0.1, 0.15) is 19.3 Å². The van der Waals surface area contributed by atoms with Crippen molar-refractivity contribution in [1.82, 2.24) is 5.32 Å². The standard InChI is InChI=1S/C9H15NO3/c11-9(8-3-5-13-8)10-7-2-1-4-12-6-7/h7-8H,1-6H2,(H,10,11). The molecule has 2 heterocycles. The van der Waals surface area contributed by atoms with Crippen molar-refractivity contribution in [3.8, 4) is 0 Å². The molecule has 2 aliphatic heterocycles. The molecule has 0 aromatic heterocycles. The summed E-state index contributed by atoms with van der Waals surface area (Å²) in [7, 11) is 0. The van der Waals surface area contributed by atoms with Crippen molar-refractivity contribution in [1.29, 1.82) is 0 Å². The van der Waals surface area contributed by atoms with Gasteiger partial charge in [-0.15, -0.1) is 0 Å². The van der Waals surface area contributed by atoms with Crippen LogP contribution in [0.4, 0.5) is 0 Å². The molecule has 0 radical (unpaired) electrons. The van der Waals surface area contributed by atoms with E-state index in [0.29, 0.717) is 6.61 Å². The number of amides is 1. The summed E-state index contributed by atoms with van der Waals surface area (Å²) >= 11 is 0. The van der Waals surface area contributed by atoms with Crippen LogP contribution in [0.25, 0.3) is 0 Å². The molecule has 4 nitrogen and oxygen atoms in total. The highest BCUT2D eigenvalue weighted by Crippen LogP contribution is 2.12.